The molecule has 1 amide bonds. The molecule has 104 valence electrons. The van der Waals surface area contributed by atoms with Gasteiger partial charge in [0.15, 0.2) is 5.82 Å². The standard InChI is InChI=1S/C15H15FN2OS/c1-15(13-3-2-6-20-13)7-10(15)8-18-14(19)11-4-5-17-9-12(11)16/h2-6,9-10H,7-8H2,1H3,(H,18,19)/t10-,15+/m1/s1. The smallest absolute Gasteiger partial charge is 0.254 e. The predicted octanol–water partition coefficient (Wildman–Crippen LogP) is 2.99. The van der Waals surface area contributed by atoms with Crippen molar-refractivity contribution in [1.82, 2.24) is 10.3 Å². The molecule has 1 saturated carbocycles. The van der Waals surface area contributed by atoms with E-state index >= 15 is 0 Å². The van der Waals surface area contributed by atoms with E-state index in [-0.39, 0.29) is 16.9 Å². The van der Waals surface area contributed by atoms with Gasteiger partial charge in [-0.05, 0) is 29.9 Å². The largest absolute Gasteiger partial charge is 0.352 e. The molecule has 0 spiro atoms. The third kappa shape index (κ3) is 2.33. The summed E-state index contributed by atoms with van der Waals surface area (Å²) in [5.74, 6) is -0.526. The Labute approximate surface area is 120 Å². The molecule has 0 saturated heterocycles. The van der Waals surface area contributed by atoms with Crippen molar-refractivity contribution in [2.75, 3.05) is 6.54 Å². The molecule has 5 heteroatoms. The van der Waals surface area contributed by atoms with Crippen LogP contribution >= 0.6 is 11.3 Å². The third-order valence-corrected chi connectivity index (χ3v) is 5.17. The van der Waals surface area contributed by atoms with Crippen molar-refractivity contribution >= 4 is 17.2 Å². The van der Waals surface area contributed by atoms with Gasteiger partial charge in [0.25, 0.3) is 5.91 Å². The fourth-order valence-electron chi connectivity index (χ4n) is 2.53. The maximum absolute atomic E-state index is 13.4. The van der Waals surface area contributed by atoms with Gasteiger partial charge in [-0.3, -0.25) is 9.78 Å². The summed E-state index contributed by atoms with van der Waals surface area (Å²) in [7, 11) is 0. The summed E-state index contributed by atoms with van der Waals surface area (Å²) in [6, 6.07) is 5.58. The highest BCUT2D eigenvalue weighted by Crippen LogP contribution is 2.54. The summed E-state index contributed by atoms with van der Waals surface area (Å²) < 4.78 is 13.4. The molecule has 0 unspecified atom stereocenters. The van der Waals surface area contributed by atoms with E-state index in [1.165, 1.54) is 17.1 Å². The van der Waals surface area contributed by atoms with Crippen molar-refractivity contribution in [3.63, 3.8) is 0 Å². The summed E-state index contributed by atoms with van der Waals surface area (Å²) in [6.07, 6.45) is 3.54. The minimum Gasteiger partial charge on any atom is -0.352 e. The van der Waals surface area contributed by atoms with E-state index in [2.05, 4.69) is 28.7 Å². The monoisotopic (exact) mass is 290 g/mol. The Bertz CT molecular complexity index is 629. The van der Waals surface area contributed by atoms with E-state index in [1.807, 2.05) is 6.07 Å². The van der Waals surface area contributed by atoms with Gasteiger partial charge in [0.1, 0.15) is 0 Å². The first kappa shape index (κ1) is 13.2. The zero-order chi connectivity index (χ0) is 14.2. The fourth-order valence-corrected chi connectivity index (χ4v) is 3.51. The number of hydrogen-bond acceptors (Lipinski definition) is 3. The summed E-state index contributed by atoms with van der Waals surface area (Å²) in [5.41, 5.74) is 0.219. The lowest BCUT2D eigenvalue weighted by atomic mass is 10.0. The molecule has 0 radical (unpaired) electrons. The van der Waals surface area contributed by atoms with Gasteiger partial charge in [0, 0.05) is 23.0 Å². The number of hydrogen-bond donors (Lipinski definition) is 1. The van der Waals surface area contributed by atoms with E-state index in [1.54, 1.807) is 11.3 Å². The Balaban J connectivity index is 1.59. The number of carbonyl (C=O) groups excluding carboxylic acids is 1. The molecule has 2 heterocycles. The molecular formula is C15H15FN2OS. The minimum absolute atomic E-state index is 0.0541. The lowest BCUT2D eigenvalue weighted by Crippen LogP contribution is -2.28. The van der Waals surface area contributed by atoms with Crippen LogP contribution in [0.4, 0.5) is 4.39 Å². The van der Waals surface area contributed by atoms with Gasteiger partial charge >= 0.3 is 0 Å². The second-order valence-corrected chi connectivity index (χ2v) is 6.31. The lowest BCUT2D eigenvalue weighted by molar-refractivity contribution is 0.0947. The van der Waals surface area contributed by atoms with Gasteiger partial charge in [-0.25, -0.2) is 4.39 Å². The lowest BCUT2D eigenvalue weighted by Gasteiger charge is -2.10. The Kier molecular flexibility index (Phi) is 3.30. The molecule has 0 aliphatic heterocycles. The molecule has 1 aliphatic carbocycles. The molecule has 1 aliphatic rings. The first-order valence-corrected chi connectivity index (χ1v) is 7.41. The van der Waals surface area contributed by atoms with Crippen LogP contribution in [0, 0.1) is 11.7 Å². The van der Waals surface area contributed by atoms with Gasteiger partial charge in [0.05, 0.1) is 11.8 Å². The number of pyridine rings is 1. The second kappa shape index (κ2) is 4.98. The van der Waals surface area contributed by atoms with Crippen LogP contribution in [0.1, 0.15) is 28.6 Å². The number of thiophene rings is 1. The van der Waals surface area contributed by atoms with Crippen molar-refractivity contribution < 1.29 is 9.18 Å². The van der Waals surface area contributed by atoms with Crippen molar-refractivity contribution in [3.05, 3.63) is 52.2 Å². The Morgan fingerprint density at radius 3 is 3.15 bits per heavy atom. The van der Waals surface area contributed by atoms with Crippen LogP contribution in [0.3, 0.4) is 0 Å². The van der Waals surface area contributed by atoms with Crippen molar-refractivity contribution in [2.24, 2.45) is 5.92 Å². The number of amides is 1. The second-order valence-electron chi connectivity index (χ2n) is 5.36. The van der Waals surface area contributed by atoms with Gasteiger partial charge in [-0.2, -0.15) is 0 Å². The fraction of sp³-hybridized carbons (Fsp3) is 0.333. The predicted molar refractivity (Wildman–Crippen MR) is 76.3 cm³/mol. The van der Waals surface area contributed by atoms with Crippen molar-refractivity contribution in [1.29, 1.82) is 0 Å². The number of nitrogens with one attached hydrogen (secondary N) is 1. The Hall–Kier alpha value is -1.75. The zero-order valence-corrected chi connectivity index (χ0v) is 11.9. The van der Waals surface area contributed by atoms with Crippen LogP contribution < -0.4 is 5.32 Å². The third-order valence-electron chi connectivity index (χ3n) is 4.02. The topological polar surface area (TPSA) is 42.0 Å². The van der Waals surface area contributed by atoms with Crippen LogP contribution in [0.2, 0.25) is 0 Å². The number of aromatic nitrogens is 1. The van der Waals surface area contributed by atoms with Crippen molar-refractivity contribution in [3.8, 4) is 0 Å². The summed E-state index contributed by atoms with van der Waals surface area (Å²) in [4.78, 5) is 16.9. The molecular weight excluding hydrogens is 275 g/mol. The molecule has 1 fully saturated rings. The average molecular weight is 290 g/mol. The van der Waals surface area contributed by atoms with E-state index < -0.39 is 5.82 Å². The molecule has 2 aromatic rings. The molecule has 0 bridgehead atoms. The number of carbonyl (C=O) groups is 1. The maximum atomic E-state index is 13.4. The van der Waals surface area contributed by atoms with Crippen LogP contribution in [0.15, 0.2) is 36.0 Å². The quantitative estimate of drug-likeness (QED) is 0.940. The molecule has 20 heavy (non-hydrogen) atoms. The van der Waals surface area contributed by atoms with Crippen LogP contribution in [0.5, 0.6) is 0 Å². The number of halogens is 1. The van der Waals surface area contributed by atoms with Crippen molar-refractivity contribution in [2.45, 2.75) is 18.8 Å². The first-order valence-electron chi connectivity index (χ1n) is 6.53. The summed E-state index contributed by atoms with van der Waals surface area (Å²) >= 11 is 1.75. The summed E-state index contributed by atoms with van der Waals surface area (Å²) in [6.45, 7) is 2.79. The Morgan fingerprint density at radius 2 is 2.45 bits per heavy atom. The van der Waals surface area contributed by atoms with Gasteiger partial charge < -0.3 is 5.32 Å². The number of rotatable bonds is 4. The van der Waals surface area contributed by atoms with E-state index in [4.69, 9.17) is 0 Å². The van der Waals surface area contributed by atoms with Crippen LogP contribution in [-0.4, -0.2) is 17.4 Å². The van der Waals surface area contributed by atoms with Gasteiger partial charge in [-0.1, -0.05) is 13.0 Å². The van der Waals surface area contributed by atoms with Gasteiger partial charge in [0.2, 0.25) is 0 Å². The average Bonchev–Trinajstić information content (AvgIpc) is 2.89. The highest BCUT2D eigenvalue weighted by Gasteiger charge is 2.51. The SMILES string of the molecule is C[C@]1(c2cccs2)C[C@@H]1CNC(=O)c1ccncc1F. The van der Waals surface area contributed by atoms with Crippen LogP contribution in [-0.2, 0) is 5.41 Å². The highest BCUT2D eigenvalue weighted by atomic mass is 32.1. The van der Waals surface area contributed by atoms with Gasteiger partial charge in [-0.15, -0.1) is 11.3 Å². The van der Waals surface area contributed by atoms with Crippen LogP contribution in [0.25, 0.3) is 0 Å². The molecule has 3 rings (SSSR count). The zero-order valence-electron chi connectivity index (χ0n) is 11.1. The van der Waals surface area contributed by atoms with E-state index in [9.17, 15) is 9.18 Å². The first-order chi connectivity index (χ1) is 9.61. The molecule has 1 N–H and O–H groups in total. The normalized spacial score (nSPS) is 24.4. The number of nitrogens with zero attached hydrogens (tertiary/aromatic N) is 1. The molecule has 3 nitrogen and oxygen atoms in total. The minimum atomic E-state index is -0.582. The summed E-state index contributed by atoms with van der Waals surface area (Å²) in [5, 5.41) is 4.89. The highest BCUT2D eigenvalue weighted by molar-refractivity contribution is 7.10. The Morgan fingerprint density at radius 1 is 1.60 bits per heavy atom. The maximum Gasteiger partial charge on any atom is 0.254 e. The molecule has 0 aromatic carbocycles. The van der Waals surface area contributed by atoms with E-state index in [0.29, 0.717) is 12.5 Å². The molecule has 2 atom stereocenters. The molecule has 2 aromatic heterocycles. The van der Waals surface area contributed by atoms with E-state index in [0.717, 1.165) is 12.6 Å².